The van der Waals surface area contributed by atoms with Crippen LogP contribution < -0.4 is 5.73 Å². The van der Waals surface area contributed by atoms with Gasteiger partial charge in [0.1, 0.15) is 5.54 Å². The van der Waals surface area contributed by atoms with Crippen molar-refractivity contribution in [2.75, 3.05) is 7.05 Å². The molecule has 2 heterocycles. The molecular formula is C23H26N4O. The van der Waals surface area contributed by atoms with Crippen LogP contribution in [-0.2, 0) is 10.3 Å². The van der Waals surface area contributed by atoms with Crippen LogP contribution in [0.15, 0.2) is 47.6 Å². The van der Waals surface area contributed by atoms with Gasteiger partial charge in [0.05, 0.1) is 5.92 Å². The summed E-state index contributed by atoms with van der Waals surface area (Å²) in [4.78, 5) is 24.2. The van der Waals surface area contributed by atoms with Gasteiger partial charge in [0.2, 0.25) is 5.91 Å². The third kappa shape index (κ3) is 2.81. The Bertz CT molecular complexity index is 959. The molecule has 2 N–H and O–H groups in total. The molecule has 1 aliphatic heterocycles. The fraction of sp³-hybridized carbons (Fsp3) is 0.435. The van der Waals surface area contributed by atoms with Crippen LogP contribution in [0.1, 0.15) is 72.7 Å². The predicted molar refractivity (Wildman–Crippen MR) is 109 cm³/mol. The summed E-state index contributed by atoms with van der Waals surface area (Å²) in [6.07, 6.45) is 6.75. The lowest BCUT2D eigenvalue weighted by Crippen LogP contribution is -2.52. The molecular weight excluding hydrogens is 348 g/mol. The first kappa shape index (κ1) is 17.4. The van der Waals surface area contributed by atoms with Gasteiger partial charge in [-0.25, -0.2) is 4.99 Å². The number of aromatic nitrogens is 1. The summed E-state index contributed by atoms with van der Waals surface area (Å²) in [7, 11) is 1.70. The third-order valence-corrected chi connectivity index (χ3v) is 6.51. The number of nitrogens with two attached hydrogens (primary N) is 1. The molecule has 2 saturated carbocycles. The number of carbonyl (C=O) groups is 1. The van der Waals surface area contributed by atoms with Crippen LogP contribution in [0.4, 0.5) is 0 Å². The predicted octanol–water partition coefficient (Wildman–Crippen LogP) is 3.62. The maximum atomic E-state index is 13.3. The van der Waals surface area contributed by atoms with Gasteiger partial charge in [-0.2, -0.15) is 0 Å². The topological polar surface area (TPSA) is 71.6 Å². The Morgan fingerprint density at radius 1 is 1.04 bits per heavy atom. The number of amides is 1. The van der Waals surface area contributed by atoms with E-state index in [-0.39, 0.29) is 11.9 Å². The van der Waals surface area contributed by atoms with Gasteiger partial charge in [-0.05, 0) is 67.3 Å². The van der Waals surface area contributed by atoms with Crippen LogP contribution in [0.25, 0.3) is 0 Å². The minimum absolute atomic E-state index is 0.0149. The normalized spacial score (nSPS) is 27.6. The zero-order valence-electron chi connectivity index (χ0n) is 16.4. The van der Waals surface area contributed by atoms with E-state index in [1.807, 2.05) is 19.2 Å². The lowest BCUT2D eigenvalue weighted by molar-refractivity contribution is -0.130. The number of hydrogen-bond donors (Lipinski definition) is 1. The molecule has 0 radical (unpaired) electrons. The van der Waals surface area contributed by atoms with Crippen molar-refractivity contribution in [3.8, 4) is 0 Å². The van der Waals surface area contributed by atoms with Crippen molar-refractivity contribution in [3.63, 3.8) is 0 Å². The largest absolute Gasteiger partial charge is 0.369 e. The van der Waals surface area contributed by atoms with Gasteiger partial charge in [0.15, 0.2) is 5.96 Å². The van der Waals surface area contributed by atoms with Gasteiger partial charge in [0.25, 0.3) is 0 Å². The van der Waals surface area contributed by atoms with Crippen molar-refractivity contribution in [1.82, 2.24) is 9.88 Å². The lowest BCUT2D eigenvalue weighted by Gasteiger charge is -2.41. The number of guanidine groups is 1. The molecule has 2 fully saturated rings. The second-order valence-electron chi connectivity index (χ2n) is 8.63. The first-order valence-corrected chi connectivity index (χ1v) is 10.2. The van der Waals surface area contributed by atoms with E-state index in [9.17, 15) is 4.79 Å². The van der Waals surface area contributed by atoms with Crippen molar-refractivity contribution in [3.05, 3.63) is 65.0 Å². The van der Waals surface area contributed by atoms with E-state index in [1.165, 1.54) is 36.1 Å². The van der Waals surface area contributed by atoms with E-state index in [2.05, 4.69) is 35.3 Å². The van der Waals surface area contributed by atoms with E-state index < -0.39 is 11.5 Å². The average Bonchev–Trinajstić information content (AvgIpc) is 3.59. The molecule has 1 aromatic carbocycles. The minimum Gasteiger partial charge on any atom is -0.369 e. The van der Waals surface area contributed by atoms with Crippen molar-refractivity contribution >= 4 is 11.9 Å². The summed E-state index contributed by atoms with van der Waals surface area (Å²) in [5.74, 6) is 1.08. The smallest absolute Gasteiger partial charge is 0.239 e. The van der Waals surface area contributed by atoms with Crippen LogP contribution in [0.5, 0.6) is 0 Å². The molecule has 144 valence electrons. The Labute approximate surface area is 165 Å². The van der Waals surface area contributed by atoms with Gasteiger partial charge in [0, 0.05) is 24.9 Å². The second-order valence-corrected chi connectivity index (χ2v) is 8.63. The SMILES string of the molecule is CN1C(=O)C(c2ccc(C3CC3)cc2)[C@@](C)(c2ccnc(C3CC3)c2)N=C1N. The molecule has 3 aliphatic rings. The summed E-state index contributed by atoms with van der Waals surface area (Å²) in [5.41, 5.74) is 9.85. The standard InChI is InChI=1S/C23H26N4O/c1-23(18-11-12-25-19(13-18)16-7-8-16)20(21(28)27(2)22(24)26-23)17-9-5-15(6-10-17)14-3-4-14/h5-6,9-14,16,20H,3-4,7-8H2,1-2H3,(H2,24,26)/t20?,23-/m1/s1. The summed E-state index contributed by atoms with van der Waals surface area (Å²) in [6, 6.07) is 12.6. The highest BCUT2D eigenvalue weighted by atomic mass is 16.2. The fourth-order valence-electron chi connectivity index (χ4n) is 4.37. The number of pyridine rings is 1. The molecule has 1 amide bonds. The number of likely N-dealkylation sites (N-methyl/N-ethyl adjacent to an activating group) is 1. The molecule has 28 heavy (non-hydrogen) atoms. The van der Waals surface area contributed by atoms with Gasteiger partial charge < -0.3 is 5.73 Å². The van der Waals surface area contributed by atoms with Gasteiger partial charge >= 0.3 is 0 Å². The van der Waals surface area contributed by atoms with Crippen LogP contribution in [0.2, 0.25) is 0 Å². The zero-order valence-corrected chi connectivity index (χ0v) is 16.4. The summed E-state index contributed by atoms with van der Waals surface area (Å²) in [6.45, 7) is 2.02. The fourth-order valence-corrected chi connectivity index (χ4v) is 4.37. The molecule has 5 nitrogen and oxygen atoms in total. The van der Waals surface area contributed by atoms with Crippen LogP contribution in [-0.4, -0.2) is 28.8 Å². The molecule has 0 spiro atoms. The van der Waals surface area contributed by atoms with E-state index in [1.54, 1.807) is 7.05 Å². The number of aliphatic imine (C=N–C) groups is 1. The molecule has 1 aromatic heterocycles. The molecule has 5 heteroatoms. The third-order valence-electron chi connectivity index (χ3n) is 6.51. The number of benzene rings is 1. The molecule has 1 unspecified atom stereocenters. The van der Waals surface area contributed by atoms with Crippen LogP contribution in [0, 0.1) is 0 Å². The van der Waals surface area contributed by atoms with E-state index in [0.29, 0.717) is 11.8 Å². The quantitative estimate of drug-likeness (QED) is 0.888. The number of hydrogen-bond acceptors (Lipinski definition) is 4. The van der Waals surface area contributed by atoms with Crippen molar-refractivity contribution in [2.24, 2.45) is 10.7 Å². The maximum absolute atomic E-state index is 13.3. The summed E-state index contributed by atoms with van der Waals surface area (Å²) >= 11 is 0. The van der Waals surface area contributed by atoms with Crippen LogP contribution >= 0.6 is 0 Å². The van der Waals surface area contributed by atoms with E-state index in [4.69, 9.17) is 10.7 Å². The Morgan fingerprint density at radius 2 is 1.68 bits per heavy atom. The van der Waals surface area contributed by atoms with Gasteiger partial charge in [-0.15, -0.1) is 0 Å². The Morgan fingerprint density at radius 3 is 2.32 bits per heavy atom. The van der Waals surface area contributed by atoms with E-state index in [0.717, 1.165) is 16.8 Å². The molecule has 2 aliphatic carbocycles. The summed E-state index contributed by atoms with van der Waals surface area (Å²) < 4.78 is 0. The van der Waals surface area contributed by atoms with Crippen LogP contribution in [0.3, 0.4) is 0 Å². The minimum atomic E-state index is -0.749. The number of nitrogens with zero attached hydrogens (tertiary/aromatic N) is 3. The Kier molecular flexibility index (Phi) is 3.83. The average molecular weight is 374 g/mol. The monoisotopic (exact) mass is 374 g/mol. The Balaban J connectivity index is 1.61. The zero-order chi connectivity index (χ0) is 19.5. The number of rotatable bonds is 4. The van der Waals surface area contributed by atoms with Gasteiger partial charge in [-0.1, -0.05) is 24.3 Å². The highest BCUT2D eigenvalue weighted by Gasteiger charge is 2.47. The molecule has 2 aromatic rings. The van der Waals surface area contributed by atoms with Crippen molar-refractivity contribution < 1.29 is 4.79 Å². The van der Waals surface area contributed by atoms with E-state index >= 15 is 0 Å². The first-order valence-electron chi connectivity index (χ1n) is 10.2. The van der Waals surface area contributed by atoms with Crippen molar-refractivity contribution in [1.29, 1.82) is 0 Å². The second kappa shape index (κ2) is 6.16. The molecule has 0 saturated heterocycles. The highest BCUT2D eigenvalue weighted by molar-refractivity contribution is 6.02. The molecule has 0 bridgehead atoms. The molecule has 5 rings (SSSR count). The first-order chi connectivity index (χ1) is 13.5. The van der Waals surface area contributed by atoms with Crippen molar-refractivity contribution in [2.45, 2.75) is 55.9 Å². The number of carbonyl (C=O) groups excluding carboxylic acids is 1. The lowest BCUT2D eigenvalue weighted by atomic mass is 9.74. The molecule has 2 atom stereocenters. The highest BCUT2D eigenvalue weighted by Crippen LogP contribution is 2.47. The Hall–Kier alpha value is -2.69. The maximum Gasteiger partial charge on any atom is 0.239 e. The summed E-state index contributed by atoms with van der Waals surface area (Å²) in [5, 5.41) is 0. The van der Waals surface area contributed by atoms with Gasteiger partial charge in [-0.3, -0.25) is 14.7 Å².